The Morgan fingerprint density at radius 3 is 2.87 bits per heavy atom. The summed E-state index contributed by atoms with van der Waals surface area (Å²) in [6.45, 7) is 3.93. The number of aromatic nitrogens is 2. The van der Waals surface area contributed by atoms with E-state index in [-0.39, 0.29) is 24.4 Å². The Balaban J connectivity index is 2.03. The van der Waals surface area contributed by atoms with Crippen LogP contribution in [0.2, 0.25) is 0 Å². The van der Waals surface area contributed by atoms with Gasteiger partial charge in [0.15, 0.2) is 0 Å². The average Bonchev–Trinajstić information content (AvgIpc) is 2.87. The summed E-state index contributed by atoms with van der Waals surface area (Å²) in [5.41, 5.74) is -0.185. The maximum absolute atomic E-state index is 12.3. The highest BCUT2D eigenvalue weighted by molar-refractivity contribution is 7.18. The van der Waals surface area contributed by atoms with Gasteiger partial charge in [-0.2, -0.15) is 0 Å². The number of amides is 1. The predicted octanol–water partition coefficient (Wildman–Crippen LogP) is 1.53. The number of rotatable bonds is 7. The van der Waals surface area contributed by atoms with E-state index >= 15 is 0 Å². The minimum Gasteiger partial charge on any atom is -0.480 e. The molecule has 2 aromatic rings. The van der Waals surface area contributed by atoms with Crippen LogP contribution in [0.4, 0.5) is 0 Å². The number of carboxylic acids is 1. The number of nitrogens with one attached hydrogen (secondary N) is 1. The Hall–Kier alpha value is -2.22. The van der Waals surface area contributed by atoms with Crippen LogP contribution in [0, 0.1) is 6.92 Å². The highest BCUT2D eigenvalue weighted by Crippen LogP contribution is 2.19. The van der Waals surface area contributed by atoms with Crippen molar-refractivity contribution in [2.45, 2.75) is 45.7 Å². The molecule has 1 amide bonds. The molecule has 2 N–H and O–H groups in total. The number of aryl methyl sites for hydroxylation is 2. The normalized spacial score (nSPS) is 12.3. The first-order valence-electron chi connectivity index (χ1n) is 7.40. The largest absolute Gasteiger partial charge is 0.480 e. The summed E-state index contributed by atoms with van der Waals surface area (Å²) in [5, 5.41) is 12.0. The molecular weight excluding hydrogens is 318 g/mol. The third kappa shape index (κ3) is 4.16. The Labute approximate surface area is 137 Å². The summed E-state index contributed by atoms with van der Waals surface area (Å²) in [5.74, 6) is -1.44. The van der Waals surface area contributed by atoms with Crippen LogP contribution < -0.4 is 10.9 Å². The van der Waals surface area contributed by atoms with Gasteiger partial charge in [0.2, 0.25) is 5.91 Å². The van der Waals surface area contributed by atoms with E-state index in [9.17, 15) is 14.4 Å². The fourth-order valence-electron chi connectivity index (χ4n) is 2.27. The van der Waals surface area contributed by atoms with Gasteiger partial charge < -0.3 is 10.4 Å². The molecule has 0 aliphatic rings. The summed E-state index contributed by atoms with van der Waals surface area (Å²) in [7, 11) is 0. The zero-order chi connectivity index (χ0) is 17.0. The molecule has 0 aliphatic heterocycles. The van der Waals surface area contributed by atoms with Crippen molar-refractivity contribution < 1.29 is 14.7 Å². The van der Waals surface area contributed by atoms with Crippen LogP contribution >= 0.6 is 11.3 Å². The lowest BCUT2D eigenvalue weighted by atomic mass is 10.1. The second-order valence-electron chi connectivity index (χ2n) is 5.32. The van der Waals surface area contributed by atoms with Crippen LogP contribution in [0.15, 0.2) is 17.2 Å². The first kappa shape index (κ1) is 17.1. The fourth-order valence-corrected chi connectivity index (χ4v) is 3.11. The van der Waals surface area contributed by atoms with Crippen molar-refractivity contribution >= 4 is 33.4 Å². The monoisotopic (exact) mass is 337 g/mol. The minimum absolute atomic E-state index is 0.0315. The number of nitrogens with zero attached hydrogens (tertiary/aromatic N) is 2. The van der Waals surface area contributed by atoms with Gasteiger partial charge in [0.25, 0.3) is 5.56 Å². The van der Waals surface area contributed by atoms with E-state index in [4.69, 9.17) is 5.11 Å². The van der Waals surface area contributed by atoms with Crippen molar-refractivity contribution in [1.29, 1.82) is 0 Å². The zero-order valence-electron chi connectivity index (χ0n) is 13.0. The molecule has 124 valence electrons. The Kier molecular flexibility index (Phi) is 5.49. The maximum atomic E-state index is 12.3. The molecule has 0 fully saturated rings. The molecule has 8 heteroatoms. The van der Waals surface area contributed by atoms with Crippen LogP contribution in [-0.2, 0) is 16.1 Å². The first-order valence-corrected chi connectivity index (χ1v) is 8.21. The van der Waals surface area contributed by atoms with Gasteiger partial charge in [-0.3, -0.25) is 14.2 Å². The van der Waals surface area contributed by atoms with Crippen molar-refractivity contribution in [2.24, 2.45) is 0 Å². The van der Waals surface area contributed by atoms with Crippen molar-refractivity contribution in [3.05, 3.63) is 27.6 Å². The van der Waals surface area contributed by atoms with Crippen molar-refractivity contribution in [2.75, 3.05) is 0 Å². The minimum atomic E-state index is -1.05. The molecule has 7 nitrogen and oxygen atoms in total. The summed E-state index contributed by atoms with van der Waals surface area (Å²) >= 11 is 1.45. The number of carboxylic acid groups (broad SMARTS) is 1. The van der Waals surface area contributed by atoms with Gasteiger partial charge in [-0.1, -0.05) is 13.3 Å². The van der Waals surface area contributed by atoms with Crippen LogP contribution in [0.25, 0.3) is 10.2 Å². The third-order valence-corrected chi connectivity index (χ3v) is 4.39. The average molecular weight is 337 g/mol. The quantitative estimate of drug-likeness (QED) is 0.798. The highest BCUT2D eigenvalue weighted by Gasteiger charge is 2.18. The van der Waals surface area contributed by atoms with Gasteiger partial charge in [0, 0.05) is 17.8 Å². The van der Waals surface area contributed by atoms with Gasteiger partial charge in [-0.25, -0.2) is 9.78 Å². The molecule has 2 heterocycles. The second-order valence-corrected chi connectivity index (χ2v) is 6.55. The molecule has 0 aromatic carbocycles. The SMILES string of the molecule is CCCC(NC(=O)CCn1cnc2sc(C)cc2c1=O)C(=O)O. The van der Waals surface area contributed by atoms with Crippen molar-refractivity contribution in [3.8, 4) is 0 Å². The van der Waals surface area contributed by atoms with E-state index in [1.54, 1.807) is 6.07 Å². The van der Waals surface area contributed by atoms with Crippen molar-refractivity contribution in [1.82, 2.24) is 14.9 Å². The molecule has 2 rings (SSSR count). The second kappa shape index (κ2) is 7.36. The Bertz CT molecular complexity index is 781. The lowest BCUT2D eigenvalue weighted by molar-refractivity contribution is -0.142. The van der Waals surface area contributed by atoms with E-state index in [0.29, 0.717) is 23.1 Å². The van der Waals surface area contributed by atoms with Gasteiger partial charge in [0.05, 0.1) is 11.7 Å². The number of aliphatic carboxylic acids is 1. The summed E-state index contributed by atoms with van der Waals surface area (Å²) in [4.78, 5) is 41.1. The fraction of sp³-hybridized carbons (Fsp3) is 0.467. The number of fused-ring (bicyclic) bond motifs is 1. The highest BCUT2D eigenvalue weighted by atomic mass is 32.1. The van der Waals surface area contributed by atoms with Crippen LogP contribution in [0.5, 0.6) is 0 Å². The number of carbonyl (C=O) groups excluding carboxylic acids is 1. The summed E-state index contributed by atoms with van der Waals surface area (Å²) in [6.07, 6.45) is 2.50. The molecular formula is C15H19N3O4S. The molecule has 0 bridgehead atoms. The molecule has 0 saturated heterocycles. The van der Waals surface area contributed by atoms with Crippen LogP contribution in [0.3, 0.4) is 0 Å². The number of carbonyl (C=O) groups is 2. The summed E-state index contributed by atoms with van der Waals surface area (Å²) in [6, 6.07) is 0.900. The van der Waals surface area contributed by atoms with E-state index < -0.39 is 12.0 Å². The number of hydrogen-bond donors (Lipinski definition) is 2. The molecule has 23 heavy (non-hydrogen) atoms. The van der Waals surface area contributed by atoms with E-state index in [1.165, 1.54) is 22.2 Å². The molecule has 1 unspecified atom stereocenters. The number of hydrogen-bond acceptors (Lipinski definition) is 5. The van der Waals surface area contributed by atoms with E-state index in [1.807, 2.05) is 13.8 Å². The lowest BCUT2D eigenvalue weighted by Gasteiger charge is -2.13. The van der Waals surface area contributed by atoms with Crippen LogP contribution in [-0.4, -0.2) is 32.6 Å². The van der Waals surface area contributed by atoms with E-state index in [2.05, 4.69) is 10.3 Å². The predicted molar refractivity (Wildman–Crippen MR) is 87.7 cm³/mol. The molecule has 0 aliphatic carbocycles. The molecule has 0 saturated carbocycles. The Morgan fingerprint density at radius 2 is 2.22 bits per heavy atom. The smallest absolute Gasteiger partial charge is 0.326 e. The topological polar surface area (TPSA) is 101 Å². The van der Waals surface area contributed by atoms with Gasteiger partial charge >= 0.3 is 5.97 Å². The van der Waals surface area contributed by atoms with Gasteiger partial charge in [0.1, 0.15) is 10.9 Å². The summed E-state index contributed by atoms with van der Waals surface area (Å²) < 4.78 is 1.38. The number of thiophene rings is 1. The van der Waals surface area contributed by atoms with Crippen LogP contribution in [0.1, 0.15) is 31.1 Å². The van der Waals surface area contributed by atoms with Gasteiger partial charge in [-0.05, 0) is 19.4 Å². The maximum Gasteiger partial charge on any atom is 0.326 e. The van der Waals surface area contributed by atoms with Crippen molar-refractivity contribution in [3.63, 3.8) is 0 Å². The molecule has 1 atom stereocenters. The van der Waals surface area contributed by atoms with Gasteiger partial charge in [-0.15, -0.1) is 11.3 Å². The zero-order valence-corrected chi connectivity index (χ0v) is 13.9. The molecule has 0 radical (unpaired) electrons. The lowest BCUT2D eigenvalue weighted by Crippen LogP contribution is -2.41. The van der Waals surface area contributed by atoms with E-state index in [0.717, 1.165) is 4.88 Å². The molecule has 0 spiro atoms. The molecule has 2 aromatic heterocycles. The Morgan fingerprint density at radius 1 is 1.48 bits per heavy atom. The standard InChI is InChI=1S/C15H19N3O4S/c1-3-4-11(15(21)22)17-12(19)5-6-18-8-16-13-10(14(18)20)7-9(2)23-13/h7-8,11H,3-6H2,1-2H3,(H,17,19)(H,21,22). The first-order chi connectivity index (χ1) is 10.9. The third-order valence-electron chi connectivity index (χ3n) is 3.43.